The smallest absolute Gasteiger partial charge is 0.316 e. The number of methoxy groups -OCH3 is 1. The van der Waals surface area contributed by atoms with Crippen molar-refractivity contribution < 1.29 is 9.84 Å². The van der Waals surface area contributed by atoms with Crippen LogP contribution < -0.4 is 10.1 Å². The van der Waals surface area contributed by atoms with E-state index in [0.29, 0.717) is 28.1 Å². The molecule has 0 unspecified atom stereocenters. The summed E-state index contributed by atoms with van der Waals surface area (Å²) in [6, 6.07) is 9.28. The van der Waals surface area contributed by atoms with E-state index in [0.717, 1.165) is 18.4 Å². The van der Waals surface area contributed by atoms with Crippen LogP contribution in [0.25, 0.3) is 33.7 Å². The van der Waals surface area contributed by atoms with E-state index >= 15 is 0 Å². The van der Waals surface area contributed by atoms with E-state index in [1.807, 2.05) is 16.8 Å². The highest BCUT2D eigenvalue weighted by molar-refractivity contribution is 5.79. The first-order valence-electron chi connectivity index (χ1n) is 11.2. The number of hydrogen-bond donors (Lipinski definition) is 2. The zero-order valence-electron chi connectivity index (χ0n) is 19.9. The van der Waals surface area contributed by atoms with E-state index in [1.165, 1.54) is 7.11 Å². The monoisotopic (exact) mass is 460 g/mol. The zero-order chi connectivity index (χ0) is 24.1. The van der Waals surface area contributed by atoms with Gasteiger partial charge in [0.2, 0.25) is 5.65 Å². The maximum atomic E-state index is 10.7. The maximum absolute atomic E-state index is 10.7. The molecule has 4 aromatic rings. The van der Waals surface area contributed by atoms with Gasteiger partial charge in [-0.15, -0.1) is 15.3 Å². The van der Waals surface area contributed by atoms with Gasteiger partial charge in [0, 0.05) is 28.4 Å². The summed E-state index contributed by atoms with van der Waals surface area (Å²) in [5.41, 5.74) is 3.69. The fourth-order valence-corrected chi connectivity index (χ4v) is 5.08. The minimum Gasteiger partial charge on any atom is -0.507 e. The number of ether oxygens (including phenoxy) is 1. The van der Waals surface area contributed by atoms with Crippen LogP contribution in [0, 0.1) is 0 Å². The van der Waals surface area contributed by atoms with E-state index in [1.54, 1.807) is 24.4 Å². The Hall–Kier alpha value is -3.66. The topological polar surface area (TPSA) is 124 Å². The molecule has 1 saturated heterocycles. The van der Waals surface area contributed by atoms with Crippen molar-refractivity contribution in [2.45, 2.75) is 57.7 Å². The number of benzene rings is 1. The molecule has 1 aliphatic rings. The van der Waals surface area contributed by atoms with Gasteiger partial charge in [0.1, 0.15) is 11.3 Å². The molecule has 0 aliphatic carbocycles. The van der Waals surface area contributed by atoms with Gasteiger partial charge in [0.15, 0.2) is 0 Å². The van der Waals surface area contributed by atoms with E-state index in [4.69, 9.17) is 4.74 Å². The van der Waals surface area contributed by atoms with Gasteiger partial charge in [-0.25, -0.2) is 9.67 Å². The Balaban J connectivity index is 1.47. The molecule has 4 heterocycles. The van der Waals surface area contributed by atoms with Gasteiger partial charge in [-0.3, -0.25) is 0 Å². The number of fused-ring (bicyclic) bond motifs is 1. The number of hydrogen-bond acceptors (Lipinski definition) is 9. The second-order valence-corrected chi connectivity index (χ2v) is 10.1. The second-order valence-electron chi connectivity index (χ2n) is 10.1. The lowest BCUT2D eigenvalue weighted by Crippen LogP contribution is -2.58. The Morgan fingerprint density at radius 3 is 2.47 bits per heavy atom. The third-order valence-electron chi connectivity index (χ3n) is 6.12. The van der Waals surface area contributed by atoms with Crippen LogP contribution in [0.4, 0.5) is 0 Å². The fourth-order valence-electron chi connectivity index (χ4n) is 5.08. The Bertz CT molecular complexity index is 1350. The van der Waals surface area contributed by atoms with Crippen LogP contribution in [0.5, 0.6) is 11.8 Å². The van der Waals surface area contributed by atoms with Gasteiger partial charge in [-0.2, -0.15) is 4.98 Å². The predicted octanol–water partition coefficient (Wildman–Crippen LogP) is 3.54. The number of nitrogens with one attached hydrogen (secondary N) is 1. The molecule has 176 valence electrons. The summed E-state index contributed by atoms with van der Waals surface area (Å²) in [6.07, 6.45) is 3.43. The summed E-state index contributed by atoms with van der Waals surface area (Å²) in [5, 5.41) is 32.1. The number of rotatable bonds is 4. The highest BCUT2D eigenvalue weighted by Gasteiger charge is 2.39. The van der Waals surface area contributed by atoms with Crippen molar-refractivity contribution in [1.82, 2.24) is 40.5 Å². The van der Waals surface area contributed by atoms with Gasteiger partial charge in [0.05, 0.1) is 24.5 Å². The molecule has 0 saturated carbocycles. The molecular formula is C24H28N8O2. The lowest BCUT2D eigenvalue weighted by molar-refractivity contribution is 0.127. The number of aromatic nitrogens is 7. The lowest BCUT2D eigenvalue weighted by Gasteiger charge is -2.46. The van der Waals surface area contributed by atoms with Gasteiger partial charge >= 0.3 is 6.01 Å². The molecule has 10 heteroatoms. The average molecular weight is 461 g/mol. The van der Waals surface area contributed by atoms with Crippen molar-refractivity contribution in [3.05, 3.63) is 36.5 Å². The third-order valence-corrected chi connectivity index (χ3v) is 6.12. The Morgan fingerprint density at radius 2 is 1.76 bits per heavy atom. The highest BCUT2D eigenvalue weighted by atomic mass is 16.5. The molecule has 1 aliphatic heterocycles. The Morgan fingerprint density at radius 1 is 1.00 bits per heavy atom. The largest absolute Gasteiger partial charge is 0.507 e. The molecule has 0 amide bonds. The molecule has 5 rings (SSSR count). The number of phenols is 1. The first kappa shape index (κ1) is 22.1. The van der Waals surface area contributed by atoms with Crippen LogP contribution in [0.3, 0.4) is 0 Å². The van der Waals surface area contributed by atoms with Gasteiger partial charge < -0.3 is 15.2 Å². The number of nitrogens with zero attached hydrogens (tertiary/aromatic N) is 7. The van der Waals surface area contributed by atoms with Crippen molar-refractivity contribution in [2.24, 2.45) is 0 Å². The molecule has 0 radical (unpaired) electrons. The molecule has 34 heavy (non-hydrogen) atoms. The second kappa shape index (κ2) is 7.98. The standard InChI is InChI=1S/C24H28N8O2/c1-23(2)12-15(13-24(3,4)30-23)32-21-19(28-31-32)11-18(27-29-21)16-7-6-14(10-20(16)33)17-8-9-25-22(26-17)34-5/h6-11,15,30,33H,12-13H2,1-5H3. The van der Waals surface area contributed by atoms with E-state index in [-0.39, 0.29) is 28.9 Å². The summed E-state index contributed by atoms with van der Waals surface area (Å²) in [7, 11) is 1.51. The summed E-state index contributed by atoms with van der Waals surface area (Å²) in [5.74, 6) is 0.0676. The molecule has 10 nitrogen and oxygen atoms in total. The summed E-state index contributed by atoms with van der Waals surface area (Å²) in [4.78, 5) is 8.33. The average Bonchev–Trinajstić information content (AvgIpc) is 3.20. The molecular weight excluding hydrogens is 432 g/mol. The normalized spacial score (nSPS) is 17.7. The van der Waals surface area contributed by atoms with E-state index in [9.17, 15) is 5.11 Å². The Kier molecular flexibility index (Phi) is 5.20. The van der Waals surface area contributed by atoms with Crippen LogP contribution >= 0.6 is 0 Å². The van der Waals surface area contributed by atoms with Crippen molar-refractivity contribution in [3.8, 4) is 34.3 Å². The summed E-state index contributed by atoms with van der Waals surface area (Å²) < 4.78 is 6.98. The fraction of sp³-hybridized carbons (Fsp3) is 0.417. The molecule has 0 bridgehead atoms. The first-order chi connectivity index (χ1) is 16.1. The minimum absolute atomic E-state index is 0.0285. The Labute approximate surface area is 197 Å². The number of aromatic hydroxyl groups is 1. The first-order valence-corrected chi connectivity index (χ1v) is 11.2. The molecule has 2 N–H and O–H groups in total. The third kappa shape index (κ3) is 4.16. The van der Waals surface area contributed by atoms with E-state index in [2.05, 4.69) is 63.5 Å². The van der Waals surface area contributed by atoms with E-state index < -0.39 is 0 Å². The summed E-state index contributed by atoms with van der Waals surface area (Å²) >= 11 is 0. The van der Waals surface area contributed by atoms with Gasteiger partial charge in [0.25, 0.3) is 0 Å². The van der Waals surface area contributed by atoms with Crippen LogP contribution in [-0.2, 0) is 0 Å². The highest BCUT2D eigenvalue weighted by Crippen LogP contribution is 2.37. The van der Waals surface area contributed by atoms with Crippen molar-refractivity contribution in [1.29, 1.82) is 0 Å². The van der Waals surface area contributed by atoms with Crippen LogP contribution in [-0.4, -0.2) is 58.5 Å². The van der Waals surface area contributed by atoms with Gasteiger partial charge in [-0.05, 0) is 64.8 Å². The summed E-state index contributed by atoms with van der Waals surface area (Å²) in [6.45, 7) is 8.81. The van der Waals surface area contributed by atoms with Crippen molar-refractivity contribution >= 4 is 11.2 Å². The zero-order valence-corrected chi connectivity index (χ0v) is 19.9. The van der Waals surface area contributed by atoms with Crippen LogP contribution in [0.1, 0.15) is 46.6 Å². The van der Waals surface area contributed by atoms with Crippen molar-refractivity contribution in [2.75, 3.05) is 7.11 Å². The molecule has 3 aromatic heterocycles. The SMILES string of the molecule is COc1nccc(-c2ccc(-c3cc4nnn(C5CC(C)(C)NC(C)(C)C5)c4nn3)c(O)c2)n1. The quantitative estimate of drug-likeness (QED) is 0.470. The minimum atomic E-state index is -0.0285. The lowest BCUT2D eigenvalue weighted by atomic mass is 9.80. The maximum Gasteiger partial charge on any atom is 0.316 e. The molecule has 0 spiro atoms. The number of piperidine rings is 1. The predicted molar refractivity (Wildman–Crippen MR) is 127 cm³/mol. The number of phenolic OH excluding ortho intramolecular Hbond substituents is 1. The van der Waals surface area contributed by atoms with Gasteiger partial charge in [-0.1, -0.05) is 11.3 Å². The molecule has 1 fully saturated rings. The molecule has 1 aromatic carbocycles. The van der Waals surface area contributed by atoms with Crippen molar-refractivity contribution in [3.63, 3.8) is 0 Å². The van der Waals surface area contributed by atoms with Crippen LogP contribution in [0.15, 0.2) is 36.5 Å². The van der Waals surface area contributed by atoms with Crippen LogP contribution in [0.2, 0.25) is 0 Å². The molecule has 0 atom stereocenters.